The standard InChI is InChI=1S/C14H17N3O3S2/c1-15-22(19,20)13-8-7-12(21-13)10-17-14(18)16-9-11-5-3-2-4-6-11/h2-8,15H,9-10H2,1H3,(H2,16,17,18). The number of hydrogen-bond donors (Lipinski definition) is 3. The second-order valence-electron chi connectivity index (χ2n) is 4.45. The molecular formula is C14H17N3O3S2. The molecule has 0 aliphatic heterocycles. The van der Waals surface area contributed by atoms with E-state index in [1.807, 2.05) is 30.3 Å². The molecule has 0 saturated heterocycles. The van der Waals surface area contributed by atoms with Crippen LogP contribution in [0.2, 0.25) is 0 Å². The Morgan fingerprint density at radius 1 is 1.05 bits per heavy atom. The average Bonchev–Trinajstić information content (AvgIpc) is 3.02. The van der Waals surface area contributed by atoms with E-state index in [-0.39, 0.29) is 16.8 Å². The Kier molecular flexibility index (Phi) is 5.53. The van der Waals surface area contributed by atoms with E-state index in [0.29, 0.717) is 6.54 Å². The van der Waals surface area contributed by atoms with Crippen molar-refractivity contribution in [1.82, 2.24) is 15.4 Å². The van der Waals surface area contributed by atoms with Crippen molar-refractivity contribution in [3.8, 4) is 0 Å². The Hall–Kier alpha value is -1.90. The fraction of sp³-hybridized carbons (Fsp3) is 0.214. The topological polar surface area (TPSA) is 87.3 Å². The van der Waals surface area contributed by atoms with Crippen LogP contribution in [0.5, 0.6) is 0 Å². The van der Waals surface area contributed by atoms with Crippen LogP contribution in [0.4, 0.5) is 4.79 Å². The van der Waals surface area contributed by atoms with Crippen LogP contribution in [0, 0.1) is 0 Å². The number of nitrogens with one attached hydrogen (secondary N) is 3. The van der Waals surface area contributed by atoms with E-state index in [1.54, 1.807) is 6.07 Å². The lowest BCUT2D eigenvalue weighted by Crippen LogP contribution is -2.34. The molecule has 0 radical (unpaired) electrons. The predicted octanol–water partition coefficient (Wildman–Crippen LogP) is 1.66. The minimum atomic E-state index is -3.42. The van der Waals surface area contributed by atoms with Crippen LogP contribution in [0.15, 0.2) is 46.7 Å². The molecule has 0 saturated carbocycles. The van der Waals surface area contributed by atoms with Gasteiger partial charge in [0.1, 0.15) is 4.21 Å². The van der Waals surface area contributed by atoms with E-state index < -0.39 is 10.0 Å². The van der Waals surface area contributed by atoms with Gasteiger partial charge < -0.3 is 10.6 Å². The van der Waals surface area contributed by atoms with E-state index in [2.05, 4.69) is 15.4 Å². The highest BCUT2D eigenvalue weighted by atomic mass is 32.2. The van der Waals surface area contributed by atoms with Crippen LogP contribution in [0.3, 0.4) is 0 Å². The number of urea groups is 1. The summed E-state index contributed by atoms with van der Waals surface area (Å²) in [5, 5.41) is 5.44. The molecule has 2 amide bonds. The molecule has 3 N–H and O–H groups in total. The molecule has 0 unspecified atom stereocenters. The second kappa shape index (κ2) is 7.39. The smallest absolute Gasteiger partial charge is 0.315 e. The van der Waals surface area contributed by atoms with Crippen molar-refractivity contribution in [2.45, 2.75) is 17.3 Å². The van der Waals surface area contributed by atoms with Gasteiger partial charge in [-0.3, -0.25) is 0 Å². The molecule has 2 aromatic rings. The third-order valence-corrected chi connectivity index (χ3v) is 5.88. The zero-order valence-electron chi connectivity index (χ0n) is 12.0. The van der Waals surface area contributed by atoms with E-state index in [0.717, 1.165) is 21.8 Å². The molecule has 118 valence electrons. The number of thiophene rings is 1. The molecule has 1 aromatic heterocycles. The maximum Gasteiger partial charge on any atom is 0.315 e. The highest BCUT2D eigenvalue weighted by Crippen LogP contribution is 2.20. The van der Waals surface area contributed by atoms with Gasteiger partial charge in [0.2, 0.25) is 10.0 Å². The summed E-state index contributed by atoms with van der Waals surface area (Å²) in [5.74, 6) is 0. The molecule has 2 rings (SSSR count). The lowest BCUT2D eigenvalue weighted by atomic mass is 10.2. The first-order valence-electron chi connectivity index (χ1n) is 6.59. The monoisotopic (exact) mass is 339 g/mol. The Balaban J connectivity index is 1.82. The van der Waals surface area contributed by atoms with Crippen LogP contribution in [-0.2, 0) is 23.1 Å². The van der Waals surface area contributed by atoms with Gasteiger partial charge in [-0.05, 0) is 24.7 Å². The lowest BCUT2D eigenvalue weighted by molar-refractivity contribution is 0.240. The van der Waals surface area contributed by atoms with E-state index in [4.69, 9.17) is 0 Å². The summed E-state index contributed by atoms with van der Waals surface area (Å²) >= 11 is 1.13. The third kappa shape index (κ3) is 4.55. The van der Waals surface area contributed by atoms with Gasteiger partial charge in [0.05, 0.1) is 6.54 Å². The van der Waals surface area contributed by atoms with Gasteiger partial charge in [0.15, 0.2) is 0 Å². The third-order valence-electron chi connectivity index (χ3n) is 2.89. The SMILES string of the molecule is CNS(=O)(=O)c1ccc(CNC(=O)NCc2ccccc2)s1. The summed E-state index contributed by atoms with van der Waals surface area (Å²) in [5.41, 5.74) is 1.01. The summed E-state index contributed by atoms with van der Waals surface area (Å²) in [6.45, 7) is 0.723. The molecule has 8 heteroatoms. The van der Waals surface area contributed by atoms with Crippen molar-refractivity contribution < 1.29 is 13.2 Å². The average molecular weight is 339 g/mol. The zero-order valence-corrected chi connectivity index (χ0v) is 13.6. The van der Waals surface area contributed by atoms with Crippen LogP contribution >= 0.6 is 11.3 Å². The first-order valence-corrected chi connectivity index (χ1v) is 8.89. The van der Waals surface area contributed by atoms with Crippen molar-refractivity contribution in [2.24, 2.45) is 0 Å². The summed E-state index contributed by atoms with van der Waals surface area (Å²) in [7, 11) is -2.06. The minimum Gasteiger partial charge on any atom is -0.334 e. The van der Waals surface area contributed by atoms with Gasteiger partial charge in [-0.25, -0.2) is 17.9 Å². The van der Waals surface area contributed by atoms with Gasteiger partial charge in [0.25, 0.3) is 0 Å². The minimum absolute atomic E-state index is 0.233. The largest absolute Gasteiger partial charge is 0.334 e. The van der Waals surface area contributed by atoms with Gasteiger partial charge in [-0.1, -0.05) is 30.3 Å². The molecule has 22 heavy (non-hydrogen) atoms. The van der Waals surface area contributed by atoms with Crippen LogP contribution in [-0.4, -0.2) is 21.5 Å². The van der Waals surface area contributed by atoms with E-state index in [1.165, 1.54) is 13.1 Å². The molecule has 0 atom stereocenters. The molecule has 0 aliphatic rings. The molecule has 0 bridgehead atoms. The summed E-state index contributed by atoms with van der Waals surface area (Å²) in [4.78, 5) is 12.5. The fourth-order valence-corrected chi connectivity index (χ4v) is 3.84. The number of benzene rings is 1. The number of hydrogen-bond acceptors (Lipinski definition) is 4. The van der Waals surface area contributed by atoms with Crippen LogP contribution in [0.25, 0.3) is 0 Å². The maximum atomic E-state index is 11.7. The van der Waals surface area contributed by atoms with Gasteiger partial charge in [0, 0.05) is 11.4 Å². The van der Waals surface area contributed by atoms with E-state index in [9.17, 15) is 13.2 Å². The normalized spacial score (nSPS) is 11.1. The molecule has 0 aliphatic carbocycles. The molecule has 1 aromatic carbocycles. The van der Waals surface area contributed by atoms with Gasteiger partial charge in [-0.2, -0.15) is 0 Å². The number of sulfonamides is 1. The molecule has 0 fully saturated rings. The first-order chi connectivity index (χ1) is 10.5. The number of rotatable bonds is 6. The Labute approximate surface area is 133 Å². The number of amides is 2. The number of carbonyl (C=O) groups excluding carboxylic acids is 1. The van der Waals surface area contributed by atoms with Crippen molar-refractivity contribution in [3.05, 3.63) is 52.9 Å². The summed E-state index contributed by atoms with van der Waals surface area (Å²) in [6.07, 6.45) is 0. The van der Waals surface area contributed by atoms with Crippen LogP contribution < -0.4 is 15.4 Å². The molecule has 1 heterocycles. The highest BCUT2D eigenvalue weighted by Gasteiger charge is 2.14. The first kappa shape index (κ1) is 16.5. The summed E-state index contributed by atoms with van der Waals surface area (Å²) < 4.78 is 25.7. The van der Waals surface area contributed by atoms with Crippen molar-refractivity contribution in [1.29, 1.82) is 0 Å². The van der Waals surface area contributed by atoms with Crippen molar-refractivity contribution in [3.63, 3.8) is 0 Å². The Morgan fingerprint density at radius 2 is 1.73 bits per heavy atom. The second-order valence-corrected chi connectivity index (χ2v) is 7.73. The number of carbonyl (C=O) groups is 1. The fourth-order valence-electron chi connectivity index (χ4n) is 1.71. The van der Waals surface area contributed by atoms with Crippen molar-refractivity contribution >= 4 is 27.4 Å². The predicted molar refractivity (Wildman–Crippen MR) is 86.1 cm³/mol. The van der Waals surface area contributed by atoms with Crippen molar-refractivity contribution in [2.75, 3.05) is 7.05 Å². The Bertz CT molecular complexity index is 727. The van der Waals surface area contributed by atoms with Gasteiger partial charge in [-0.15, -0.1) is 11.3 Å². The van der Waals surface area contributed by atoms with Gasteiger partial charge >= 0.3 is 6.03 Å². The zero-order chi connectivity index (χ0) is 16.0. The molecule has 0 spiro atoms. The molecular weight excluding hydrogens is 322 g/mol. The highest BCUT2D eigenvalue weighted by molar-refractivity contribution is 7.91. The van der Waals surface area contributed by atoms with Crippen LogP contribution in [0.1, 0.15) is 10.4 Å². The quantitative estimate of drug-likeness (QED) is 0.748. The van der Waals surface area contributed by atoms with E-state index >= 15 is 0 Å². The Morgan fingerprint density at radius 3 is 2.41 bits per heavy atom. The lowest BCUT2D eigenvalue weighted by Gasteiger charge is -2.06. The summed E-state index contributed by atoms with van der Waals surface area (Å²) in [6, 6.07) is 12.5. The molecule has 6 nitrogen and oxygen atoms in total. The maximum absolute atomic E-state index is 11.7.